The van der Waals surface area contributed by atoms with Crippen LogP contribution in [0, 0.1) is 12.7 Å². The largest absolute Gasteiger partial charge is 0.458 e. The first kappa shape index (κ1) is 10.4. The minimum Gasteiger partial charge on any atom is -0.458 e. The van der Waals surface area contributed by atoms with Gasteiger partial charge >= 0.3 is 0 Å². The van der Waals surface area contributed by atoms with Crippen LogP contribution in [0.15, 0.2) is 34.7 Å². The minimum absolute atomic E-state index is 0.0747. The van der Waals surface area contributed by atoms with Crippen molar-refractivity contribution in [1.82, 2.24) is 0 Å². The average Bonchev–Trinajstić information content (AvgIpc) is 2.67. The fourth-order valence-corrected chi connectivity index (χ4v) is 1.41. The van der Waals surface area contributed by atoms with Gasteiger partial charge in [-0.15, -0.1) is 0 Å². The van der Waals surface area contributed by atoms with E-state index in [0.29, 0.717) is 11.4 Å². The fraction of sp³-hybridized carbons (Fsp3) is 0.0833. The third kappa shape index (κ3) is 1.82. The summed E-state index contributed by atoms with van der Waals surface area (Å²) < 4.78 is 18.5. The molecule has 0 unspecified atom stereocenters. The number of ketones is 1. The number of hydrogen-bond acceptors (Lipinski definition) is 3. The molecule has 2 rings (SSSR count). The Morgan fingerprint density at radius 1 is 1.31 bits per heavy atom. The van der Waals surface area contributed by atoms with Crippen LogP contribution in [-0.2, 0) is 0 Å². The molecule has 2 N–H and O–H groups in total. The van der Waals surface area contributed by atoms with Crippen LogP contribution in [0.1, 0.15) is 21.9 Å². The standard InChI is InChI=1S/C12H10FNO2/c1-7-2-5-11(16-7)12(15)9-6-8(14)3-4-10(9)13/h2-6H,14H2,1H3. The molecule has 0 bridgehead atoms. The first-order valence-electron chi connectivity index (χ1n) is 4.74. The monoisotopic (exact) mass is 219 g/mol. The van der Waals surface area contributed by atoms with E-state index in [2.05, 4.69) is 0 Å². The first-order chi connectivity index (χ1) is 7.58. The molecular weight excluding hydrogens is 209 g/mol. The normalized spacial score (nSPS) is 10.4. The molecule has 82 valence electrons. The van der Waals surface area contributed by atoms with E-state index in [1.165, 1.54) is 24.3 Å². The maximum absolute atomic E-state index is 13.4. The van der Waals surface area contributed by atoms with Gasteiger partial charge in [-0.1, -0.05) is 0 Å². The van der Waals surface area contributed by atoms with Gasteiger partial charge in [0.25, 0.3) is 0 Å². The summed E-state index contributed by atoms with van der Waals surface area (Å²) in [6, 6.07) is 7.03. The summed E-state index contributed by atoms with van der Waals surface area (Å²) in [5.41, 5.74) is 5.77. The van der Waals surface area contributed by atoms with Gasteiger partial charge in [0.15, 0.2) is 5.76 Å². The molecule has 0 amide bonds. The number of nitrogens with two attached hydrogens (primary N) is 1. The predicted octanol–water partition coefficient (Wildman–Crippen LogP) is 2.54. The summed E-state index contributed by atoms with van der Waals surface area (Å²) in [7, 11) is 0. The number of hydrogen-bond donors (Lipinski definition) is 1. The molecule has 1 heterocycles. The van der Waals surface area contributed by atoms with Crippen molar-refractivity contribution >= 4 is 11.5 Å². The number of rotatable bonds is 2. The number of benzene rings is 1. The van der Waals surface area contributed by atoms with E-state index in [1.807, 2.05) is 0 Å². The quantitative estimate of drug-likeness (QED) is 0.623. The number of aryl methyl sites for hydroxylation is 1. The van der Waals surface area contributed by atoms with Gasteiger partial charge in [-0.2, -0.15) is 0 Å². The summed E-state index contributed by atoms with van der Waals surface area (Å²) in [6.07, 6.45) is 0. The topological polar surface area (TPSA) is 56.2 Å². The number of anilines is 1. The smallest absolute Gasteiger partial charge is 0.231 e. The molecular formula is C12H10FNO2. The van der Waals surface area contributed by atoms with Crippen molar-refractivity contribution < 1.29 is 13.6 Å². The molecule has 0 aliphatic heterocycles. The van der Waals surface area contributed by atoms with E-state index < -0.39 is 11.6 Å². The number of nitrogen functional groups attached to an aromatic ring is 1. The molecule has 16 heavy (non-hydrogen) atoms. The summed E-state index contributed by atoms with van der Waals surface area (Å²) >= 11 is 0. The fourth-order valence-electron chi connectivity index (χ4n) is 1.41. The van der Waals surface area contributed by atoms with E-state index in [-0.39, 0.29) is 11.3 Å². The van der Waals surface area contributed by atoms with E-state index >= 15 is 0 Å². The molecule has 0 saturated heterocycles. The van der Waals surface area contributed by atoms with Crippen LogP contribution in [0.3, 0.4) is 0 Å². The van der Waals surface area contributed by atoms with E-state index in [0.717, 1.165) is 0 Å². The van der Waals surface area contributed by atoms with Crippen molar-refractivity contribution in [2.24, 2.45) is 0 Å². The molecule has 1 aromatic heterocycles. The van der Waals surface area contributed by atoms with Crippen LogP contribution in [0.2, 0.25) is 0 Å². The summed E-state index contributed by atoms with van der Waals surface area (Å²) in [6.45, 7) is 1.71. The lowest BCUT2D eigenvalue weighted by molar-refractivity contribution is 0.100. The van der Waals surface area contributed by atoms with Crippen molar-refractivity contribution in [3.05, 3.63) is 53.2 Å². The molecule has 0 fully saturated rings. The van der Waals surface area contributed by atoms with Crippen LogP contribution in [-0.4, -0.2) is 5.78 Å². The van der Waals surface area contributed by atoms with E-state index in [1.54, 1.807) is 13.0 Å². The SMILES string of the molecule is Cc1ccc(C(=O)c2cc(N)ccc2F)o1. The summed E-state index contributed by atoms with van der Waals surface area (Å²) in [5, 5.41) is 0. The second-order valence-electron chi connectivity index (χ2n) is 3.48. The lowest BCUT2D eigenvalue weighted by Crippen LogP contribution is -2.04. The molecule has 4 heteroatoms. The van der Waals surface area contributed by atoms with Crippen molar-refractivity contribution in [3.63, 3.8) is 0 Å². The highest BCUT2D eigenvalue weighted by Crippen LogP contribution is 2.18. The Morgan fingerprint density at radius 3 is 2.69 bits per heavy atom. The third-order valence-corrected chi connectivity index (χ3v) is 2.20. The van der Waals surface area contributed by atoms with Crippen molar-refractivity contribution in [1.29, 1.82) is 0 Å². The number of carbonyl (C=O) groups excluding carboxylic acids is 1. The molecule has 1 aromatic carbocycles. The number of halogens is 1. The Balaban J connectivity index is 2.45. The highest BCUT2D eigenvalue weighted by molar-refractivity contribution is 6.07. The zero-order valence-electron chi connectivity index (χ0n) is 8.66. The molecule has 0 aliphatic rings. The zero-order chi connectivity index (χ0) is 11.7. The highest BCUT2D eigenvalue weighted by atomic mass is 19.1. The van der Waals surface area contributed by atoms with Crippen molar-refractivity contribution in [2.75, 3.05) is 5.73 Å². The van der Waals surface area contributed by atoms with Crippen LogP contribution >= 0.6 is 0 Å². The number of furan rings is 1. The van der Waals surface area contributed by atoms with Crippen molar-refractivity contribution in [3.8, 4) is 0 Å². The van der Waals surface area contributed by atoms with Gasteiger partial charge in [0.05, 0.1) is 5.56 Å². The van der Waals surface area contributed by atoms with Crippen LogP contribution in [0.25, 0.3) is 0 Å². The Hall–Kier alpha value is -2.10. The van der Waals surface area contributed by atoms with E-state index in [9.17, 15) is 9.18 Å². The van der Waals surface area contributed by atoms with Gasteiger partial charge in [-0.3, -0.25) is 4.79 Å². The second kappa shape index (κ2) is 3.81. The molecule has 0 saturated carbocycles. The van der Waals surface area contributed by atoms with Gasteiger partial charge in [0, 0.05) is 5.69 Å². The zero-order valence-corrected chi connectivity index (χ0v) is 8.66. The Kier molecular flexibility index (Phi) is 2.48. The molecule has 3 nitrogen and oxygen atoms in total. The first-order valence-corrected chi connectivity index (χ1v) is 4.74. The Labute approximate surface area is 91.7 Å². The average molecular weight is 219 g/mol. The van der Waals surface area contributed by atoms with Crippen LogP contribution < -0.4 is 5.73 Å². The molecule has 2 aromatic rings. The van der Waals surface area contributed by atoms with Crippen LogP contribution in [0.5, 0.6) is 0 Å². The van der Waals surface area contributed by atoms with Gasteiger partial charge < -0.3 is 10.2 Å². The lowest BCUT2D eigenvalue weighted by atomic mass is 10.1. The van der Waals surface area contributed by atoms with Gasteiger partial charge in [-0.25, -0.2) is 4.39 Å². The van der Waals surface area contributed by atoms with Gasteiger partial charge in [-0.05, 0) is 37.3 Å². The third-order valence-electron chi connectivity index (χ3n) is 2.20. The Bertz CT molecular complexity index is 546. The maximum Gasteiger partial charge on any atom is 0.231 e. The summed E-state index contributed by atoms with van der Waals surface area (Å²) in [4.78, 5) is 11.8. The lowest BCUT2D eigenvalue weighted by Gasteiger charge is -2.01. The van der Waals surface area contributed by atoms with Gasteiger partial charge in [0.1, 0.15) is 11.6 Å². The maximum atomic E-state index is 13.4. The molecule has 0 atom stereocenters. The predicted molar refractivity (Wildman–Crippen MR) is 57.7 cm³/mol. The molecule has 0 spiro atoms. The molecule has 0 aliphatic carbocycles. The summed E-state index contributed by atoms with van der Waals surface area (Å²) in [5.74, 6) is -0.388. The Morgan fingerprint density at radius 2 is 2.06 bits per heavy atom. The highest BCUT2D eigenvalue weighted by Gasteiger charge is 2.17. The molecule has 0 radical (unpaired) electrons. The van der Waals surface area contributed by atoms with E-state index in [4.69, 9.17) is 10.2 Å². The van der Waals surface area contributed by atoms with Crippen LogP contribution in [0.4, 0.5) is 10.1 Å². The van der Waals surface area contributed by atoms with Crippen molar-refractivity contribution in [2.45, 2.75) is 6.92 Å². The number of carbonyl (C=O) groups is 1. The minimum atomic E-state index is -0.603. The second-order valence-corrected chi connectivity index (χ2v) is 3.48. The van der Waals surface area contributed by atoms with Gasteiger partial charge in [0.2, 0.25) is 5.78 Å².